The fraction of sp³-hybridized carbons (Fsp3) is 0.577. The van der Waals surface area contributed by atoms with E-state index in [9.17, 15) is 9.59 Å². The first kappa shape index (κ1) is 24.4. The van der Waals surface area contributed by atoms with Crippen LogP contribution in [0, 0.1) is 0 Å². The molecule has 2 fully saturated rings. The van der Waals surface area contributed by atoms with Gasteiger partial charge in [-0.1, -0.05) is 0 Å². The molecule has 3 aliphatic heterocycles. The summed E-state index contributed by atoms with van der Waals surface area (Å²) in [6.45, 7) is 9.24. The van der Waals surface area contributed by atoms with E-state index < -0.39 is 5.60 Å². The lowest BCUT2D eigenvalue weighted by Gasteiger charge is -2.43. The Morgan fingerprint density at radius 2 is 1.69 bits per heavy atom. The fourth-order valence-electron chi connectivity index (χ4n) is 4.86. The molecule has 10 heteroatoms. The van der Waals surface area contributed by atoms with E-state index in [1.165, 1.54) is 0 Å². The number of carbonyl (C=O) groups excluding carboxylic acids is 2. The van der Waals surface area contributed by atoms with Crippen molar-refractivity contribution in [3.05, 3.63) is 36.2 Å². The van der Waals surface area contributed by atoms with Crippen LogP contribution in [0.5, 0.6) is 5.75 Å². The van der Waals surface area contributed by atoms with Crippen molar-refractivity contribution in [2.75, 3.05) is 44.7 Å². The third-order valence-electron chi connectivity index (χ3n) is 6.90. The molecule has 1 N–H and O–H groups in total. The molecule has 5 rings (SSSR count). The van der Waals surface area contributed by atoms with E-state index >= 15 is 0 Å². The maximum Gasteiger partial charge on any atom is 0.410 e. The maximum atomic E-state index is 12.4. The Balaban J connectivity index is 1.19. The summed E-state index contributed by atoms with van der Waals surface area (Å²) in [5, 5.41) is 7.69. The van der Waals surface area contributed by atoms with Gasteiger partial charge in [0, 0.05) is 44.7 Å². The number of morpholine rings is 1. The number of hydrogen-bond donors (Lipinski definition) is 1. The SMILES string of the molecule is CC(C)(C)OC(=O)N1CCC2(CCc3nn(-c4ccc(NC(=O)N5CCOCC5)cc4)cc3O2)CC1. The molecule has 1 spiro atoms. The number of anilines is 1. The Morgan fingerprint density at radius 1 is 1.00 bits per heavy atom. The normalized spacial score (nSPS) is 19.4. The van der Waals surface area contributed by atoms with Gasteiger partial charge in [-0.2, -0.15) is 5.10 Å². The van der Waals surface area contributed by atoms with Crippen molar-refractivity contribution in [1.82, 2.24) is 19.6 Å². The van der Waals surface area contributed by atoms with Crippen LogP contribution in [-0.4, -0.2) is 82.3 Å². The number of carbonyl (C=O) groups is 2. The number of nitrogens with one attached hydrogen (secondary N) is 1. The molecule has 0 radical (unpaired) electrons. The van der Waals surface area contributed by atoms with Gasteiger partial charge in [0.2, 0.25) is 0 Å². The summed E-state index contributed by atoms with van der Waals surface area (Å²) in [7, 11) is 0. The lowest BCUT2D eigenvalue weighted by atomic mass is 9.84. The van der Waals surface area contributed by atoms with E-state index in [0.29, 0.717) is 39.4 Å². The highest BCUT2D eigenvalue weighted by atomic mass is 16.6. The fourth-order valence-corrected chi connectivity index (χ4v) is 4.86. The third kappa shape index (κ3) is 5.43. The number of benzene rings is 1. The molecule has 36 heavy (non-hydrogen) atoms. The minimum absolute atomic E-state index is 0.114. The largest absolute Gasteiger partial charge is 0.484 e. The number of likely N-dealkylation sites (tertiary alicyclic amines) is 1. The highest BCUT2D eigenvalue weighted by molar-refractivity contribution is 5.89. The number of rotatable bonds is 2. The van der Waals surface area contributed by atoms with Gasteiger partial charge >= 0.3 is 12.1 Å². The quantitative estimate of drug-likeness (QED) is 0.677. The molecule has 3 amide bonds. The number of ether oxygens (including phenoxy) is 3. The molecule has 0 bridgehead atoms. The number of hydrogen-bond acceptors (Lipinski definition) is 6. The molecule has 194 valence electrons. The van der Waals surface area contributed by atoms with E-state index in [0.717, 1.165) is 48.5 Å². The van der Waals surface area contributed by atoms with Crippen LogP contribution in [0.4, 0.5) is 15.3 Å². The minimum atomic E-state index is -0.496. The van der Waals surface area contributed by atoms with Crippen LogP contribution in [0.1, 0.15) is 45.7 Å². The number of amides is 3. The van der Waals surface area contributed by atoms with E-state index in [1.807, 2.05) is 55.9 Å². The van der Waals surface area contributed by atoms with Crippen molar-refractivity contribution in [3.63, 3.8) is 0 Å². The molecule has 0 unspecified atom stereocenters. The van der Waals surface area contributed by atoms with E-state index in [4.69, 9.17) is 19.3 Å². The molecule has 1 aromatic carbocycles. The first-order valence-electron chi connectivity index (χ1n) is 12.7. The highest BCUT2D eigenvalue weighted by Crippen LogP contribution is 2.39. The minimum Gasteiger partial charge on any atom is -0.484 e. The monoisotopic (exact) mass is 497 g/mol. The molecule has 4 heterocycles. The van der Waals surface area contributed by atoms with Gasteiger partial charge in [-0.05, 0) is 57.9 Å². The molecule has 1 aromatic heterocycles. The van der Waals surface area contributed by atoms with Gasteiger partial charge in [0.1, 0.15) is 16.9 Å². The Kier molecular flexibility index (Phi) is 6.55. The molecular weight excluding hydrogens is 462 g/mol. The topological polar surface area (TPSA) is 98.2 Å². The van der Waals surface area contributed by atoms with Crippen molar-refractivity contribution >= 4 is 17.8 Å². The molecule has 0 saturated carbocycles. The van der Waals surface area contributed by atoms with Crippen LogP contribution < -0.4 is 10.1 Å². The number of aryl methyl sites for hydroxylation is 1. The lowest BCUT2D eigenvalue weighted by Crippen LogP contribution is -2.51. The van der Waals surface area contributed by atoms with Crippen molar-refractivity contribution in [3.8, 4) is 11.4 Å². The summed E-state index contributed by atoms with van der Waals surface area (Å²) in [5.74, 6) is 0.802. The molecular formula is C26H35N5O5. The predicted molar refractivity (Wildman–Crippen MR) is 134 cm³/mol. The van der Waals surface area contributed by atoms with Crippen molar-refractivity contribution in [1.29, 1.82) is 0 Å². The van der Waals surface area contributed by atoms with Crippen molar-refractivity contribution in [2.45, 2.75) is 57.7 Å². The summed E-state index contributed by atoms with van der Waals surface area (Å²) >= 11 is 0. The van der Waals surface area contributed by atoms with Gasteiger partial charge in [-0.15, -0.1) is 0 Å². The third-order valence-corrected chi connectivity index (χ3v) is 6.90. The Labute approximate surface area is 211 Å². The van der Waals surface area contributed by atoms with E-state index in [-0.39, 0.29) is 17.7 Å². The predicted octanol–water partition coefficient (Wildman–Crippen LogP) is 3.83. The summed E-state index contributed by atoms with van der Waals surface area (Å²) in [6.07, 6.45) is 4.93. The zero-order valence-electron chi connectivity index (χ0n) is 21.3. The number of nitrogens with zero attached hydrogens (tertiary/aromatic N) is 4. The standard InChI is InChI=1S/C26H35N5O5/c1-25(2,3)36-24(33)30-12-10-26(11-13-30)9-8-21-22(35-26)18-31(28-21)20-6-4-19(5-7-20)27-23(32)29-14-16-34-17-15-29/h4-7,18H,8-17H2,1-3H3,(H,27,32). The van der Waals surface area contributed by atoms with Crippen molar-refractivity contribution in [2.24, 2.45) is 0 Å². The maximum absolute atomic E-state index is 12.4. The van der Waals surface area contributed by atoms with Gasteiger partial charge in [0.15, 0.2) is 5.75 Å². The highest BCUT2D eigenvalue weighted by Gasteiger charge is 2.42. The molecule has 3 aliphatic rings. The average Bonchev–Trinajstić information content (AvgIpc) is 3.27. The van der Waals surface area contributed by atoms with E-state index in [1.54, 1.807) is 9.80 Å². The zero-order valence-corrected chi connectivity index (χ0v) is 21.3. The zero-order chi connectivity index (χ0) is 25.3. The first-order valence-corrected chi connectivity index (χ1v) is 12.7. The molecule has 2 saturated heterocycles. The van der Waals surface area contributed by atoms with Crippen LogP contribution in [0.2, 0.25) is 0 Å². The second-order valence-corrected chi connectivity index (χ2v) is 10.7. The summed E-state index contributed by atoms with van der Waals surface area (Å²) in [5.41, 5.74) is 1.81. The average molecular weight is 498 g/mol. The van der Waals surface area contributed by atoms with Crippen molar-refractivity contribution < 1.29 is 23.8 Å². The number of fused-ring (bicyclic) bond motifs is 1. The number of aromatic nitrogens is 2. The van der Waals surface area contributed by atoms with Gasteiger partial charge in [0.25, 0.3) is 0 Å². The van der Waals surface area contributed by atoms with Gasteiger partial charge in [-0.25, -0.2) is 14.3 Å². The number of urea groups is 1. The molecule has 2 aromatic rings. The molecule has 0 aliphatic carbocycles. The van der Waals surface area contributed by atoms with Gasteiger partial charge in [-0.3, -0.25) is 0 Å². The molecule has 10 nitrogen and oxygen atoms in total. The second-order valence-electron chi connectivity index (χ2n) is 10.7. The van der Waals surface area contributed by atoms with Crippen LogP contribution in [0.15, 0.2) is 30.5 Å². The van der Waals surface area contributed by atoms with E-state index in [2.05, 4.69) is 5.32 Å². The second kappa shape index (κ2) is 9.65. The first-order chi connectivity index (χ1) is 17.2. The van der Waals surface area contributed by atoms with Gasteiger partial charge in [0.05, 0.1) is 25.1 Å². The smallest absolute Gasteiger partial charge is 0.410 e. The Bertz CT molecular complexity index is 1090. The van der Waals surface area contributed by atoms with Crippen LogP contribution in [0.3, 0.4) is 0 Å². The lowest BCUT2D eigenvalue weighted by molar-refractivity contribution is -0.0273. The summed E-state index contributed by atoms with van der Waals surface area (Å²) < 4.78 is 19.2. The van der Waals surface area contributed by atoms with Crippen LogP contribution >= 0.6 is 0 Å². The summed E-state index contributed by atoms with van der Waals surface area (Å²) in [6, 6.07) is 7.51. The number of piperidine rings is 1. The van der Waals surface area contributed by atoms with Crippen LogP contribution in [0.25, 0.3) is 5.69 Å². The Morgan fingerprint density at radius 3 is 2.36 bits per heavy atom. The molecule has 0 atom stereocenters. The summed E-state index contributed by atoms with van der Waals surface area (Å²) in [4.78, 5) is 28.4. The van der Waals surface area contributed by atoms with Gasteiger partial charge < -0.3 is 29.3 Å². The Hall–Kier alpha value is -3.27. The van der Waals surface area contributed by atoms with Crippen LogP contribution in [-0.2, 0) is 15.9 Å².